The van der Waals surface area contributed by atoms with E-state index in [1.807, 2.05) is 13.0 Å². The molecule has 14 heavy (non-hydrogen) atoms. The molecular weight excluding hydrogens is 178 g/mol. The molecule has 1 aromatic heterocycles. The van der Waals surface area contributed by atoms with Crippen molar-refractivity contribution < 1.29 is 4.74 Å². The molecule has 0 spiro atoms. The lowest BCUT2D eigenvalue weighted by Crippen LogP contribution is -2.00. The third-order valence-corrected chi connectivity index (χ3v) is 2.03. The van der Waals surface area contributed by atoms with Crippen molar-refractivity contribution in [3.05, 3.63) is 11.8 Å². The summed E-state index contributed by atoms with van der Waals surface area (Å²) in [7, 11) is 0. The third-order valence-electron chi connectivity index (χ3n) is 2.03. The Labute approximate surface area is 84.8 Å². The van der Waals surface area contributed by atoms with E-state index in [2.05, 4.69) is 10.2 Å². The highest BCUT2D eigenvalue weighted by atomic mass is 16.5. The molecule has 1 heterocycles. The van der Waals surface area contributed by atoms with Crippen LogP contribution in [0.4, 0.5) is 0 Å². The van der Waals surface area contributed by atoms with Crippen LogP contribution in [0.2, 0.25) is 0 Å². The first-order valence-electron chi connectivity index (χ1n) is 5.18. The van der Waals surface area contributed by atoms with Gasteiger partial charge in [0, 0.05) is 11.8 Å². The van der Waals surface area contributed by atoms with Crippen LogP contribution in [-0.4, -0.2) is 23.3 Å². The van der Waals surface area contributed by atoms with Crippen molar-refractivity contribution >= 4 is 0 Å². The smallest absolute Gasteiger partial charge is 0.232 e. The van der Waals surface area contributed by atoms with E-state index in [4.69, 9.17) is 10.5 Å². The quantitative estimate of drug-likeness (QED) is 0.653. The Hall–Kier alpha value is -1.03. The standard InChI is InChI=1S/C10H19N3O/c1-9-8-10(13-12-9)14-7-5-3-2-4-6-11/h8H,2-7,11H2,1H3,(H,12,13). The Morgan fingerprint density at radius 2 is 2.14 bits per heavy atom. The Morgan fingerprint density at radius 3 is 2.79 bits per heavy atom. The average molecular weight is 197 g/mol. The molecule has 0 aliphatic rings. The predicted molar refractivity (Wildman–Crippen MR) is 56.3 cm³/mol. The fourth-order valence-corrected chi connectivity index (χ4v) is 1.24. The van der Waals surface area contributed by atoms with Gasteiger partial charge in [0.1, 0.15) is 0 Å². The molecule has 1 aromatic rings. The maximum absolute atomic E-state index is 5.43. The molecule has 0 aliphatic carbocycles. The number of nitrogens with zero attached hydrogens (tertiary/aromatic N) is 1. The van der Waals surface area contributed by atoms with Gasteiger partial charge in [-0.2, -0.15) is 0 Å². The Kier molecular flexibility index (Phi) is 5.07. The first-order chi connectivity index (χ1) is 6.83. The number of aryl methyl sites for hydroxylation is 1. The van der Waals surface area contributed by atoms with Gasteiger partial charge in [-0.3, -0.25) is 5.10 Å². The van der Waals surface area contributed by atoms with Gasteiger partial charge >= 0.3 is 0 Å². The molecule has 0 aliphatic heterocycles. The zero-order chi connectivity index (χ0) is 10.2. The summed E-state index contributed by atoms with van der Waals surface area (Å²) in [5.74, 6) is 0.696. The number of hydrogen-bond acceptors (Lipinski definition) is 3. The summed E-state index contributed by atoms with van der Waals surface area (Å²) in [6.07, 6.45) is 4.56. The second-order valence-corrected chi connectivity index (χ2v) is 3.44. The van der Waals surface area contributed by atoms with Crippen molar-refractivity contribution in [2.45, 2.75) is 32.6 Å². The summed E-state index contributed by atoms with van der Waals surface area (Å²) in [6.45, 7) is 3.50. The van der Waals surface area contributed by atoms with Crippen molar-refractivity contribution in [2.75, 3.05) is 13.2 Å². The maximum Gasteiger partial charge on any atom is 0.232 e. The molecule has 0 amide bonds. The van der Waals surface area contributed by atoms with E-state index in [9.17, 15) is 0 Å². The van der Waals surface area contributed by atoms with Crippen molar-refractivity contribution in [3.63, 3.8) is 0 Å². The molecule has 0 bridgehead atoms. The summed E-state index contributed by atoms with van der Waals surface area (Å²) in [5.41, 5.74) is 6.42. The van der Waals surface area contributed by atoms with Crippen molar-refractivity contribution in [1.29, 1.82) is 0 Å². The molecule has 0 atom stereocenters. The molecule has 3 N–H and O–H groups in total. The number of ether oxygens (including phenoxy) is 1. The predicted octanol–water partition coefficient (Wildman–Crippen LogP) is 1.62. The molecule has 4 nitrogen and oxygen atoms in total. The van der Waals surface area contributed by atoms with Crippen LogP contribution in [0.3, 0.4) is 0 Å². The van der Waals surface area contributed by atoms with E-state index >= 15 is 0 Å². The van der Waals surface area contributed by atoms with Gasteiger partial charge in [0.15, 0.2) is 0 Å². The van der Waals surface area contributed by atoms with Gasteiger partial charge < -0.3 is 10.5 Å². The molecule has 4 heteroatoms. The van der Waals surface area contributed by atoms with Gasteiger partial charge in [0.25, 0.3) is 0 Å². The minimum atomic E-state index is 0.696. The minimum absolute atomic E-state index is 0.696. The number of unbranched alkanes of at least 4 members (excludes halogenated alkanes) is 3. The number of rotatable bonds is 7. The molecule has 0 radical (unpaired) electrons. The summed E-state index contributed by atoms with van der Waals surface area (Å²) in [6, 6.07) is 1.90. The van der Waals surface area contributed by atoms with Crippen LogP contribution in [0.5, 0.6) is 5.88 Å². The number of nitrogens with one attached hydrogen (secondary N) is 1. The zero-order valence-electron chi connectivity index (χ0n) is 8.75. The molecule has 0 saturated carbocycles. The van der Waals surface area contributed by atoms with Crippen molar-refractivity contribution in [2.24, 2.45) is 5.73 Å². The minimum Gasteiger partial charge on any atom is -0.477 e. The van der Waals surface area contributed by atoms with E-state index in [0.717, 1.165) is 31.7 Å². The molecule has 0 fully saturated rings. The number of aromatic amines is 1. The molecule has 80 valence electrons. The monoisotopic (exact) mass is 197 g/mol. The first-order valence-corrected chi connectivity index (χ1v) is 5.18. The van der Waals surface area contributed by atoms with Gasteiger partial charge in [-0.15, -0.1) is 5.10 Å². The van der Waals surface area contributed by atoms with Gasteiger partial charge in [-0.25, -0.2) is 0 Å². The van der Waals surface area contributed by atoms with Crippen LogP contribution >= 0.6 is 0 Å². The number of nitrogens with two attached hydrogens (primary N) is 1. The summed E-state index contributed by atoms with van der Waals surface area (Å²) < 4.78 is 5.43. The molecular formula is C10H19N3O. The van der Waals surface area contributed by atoms with E-state index in [1.54, 1.807) is 0 Å². The normalized spacial score (nSPS) is 10.4. The van der Waals surface area contributed by atoms with Crippen LogP contribution < -0.4 is 10.5 Å². The number of hydrogen-bond donors (Lipinski definition) is 2. The third kappa shape index (κ3) is 4.28. The topological polar surface area (TPSA) is 63.9 Å². The van der Waals surface area contributed by atoms with Gasteiger partial charge in [0.05, 0.1) is 6.61 Å². The number of aromatic nitrogens is 2. The highest BCUT2D eigenvalue weighted by molar-refractivity contribution is 5.11. The van der Waals surface area contributed by atoms with Crippen LogP contribution in [-0.2, 0) is 0 Å². The second-order valence-electron chi connectivity index (χ2n) is 3.44. The van der Waals surface area contributed by atoms with Crippen molar-refractivity contribution in [1.82, 2.24) is 10.2 Å². The largest absolute Gasteiger partial charge is 0.477 e. The van der Waals surface area contributed by atoms with Gasteiger partial charge in [-0.05, 0) is 26.3 Å². The van der Waals surface area contributed by atoms with Gasteiger partial charge in [0.2, 0.25) is 5.88 Å². The van der Waals surface area contributed by atoms with Crippen LogP contribution in [0.1, 0.15) is 31.4 Å². The molecule has 0 aromatic carbocycles. The molecule has 0 unspecified atom stereocenters. The van der Waals surface area contributed by atoms with Crippen molar-refractivity contribution in [3.8, 4) is 5.88 Å². The highest BCUT2D eigenvalue weighted by Gasteiger charge is 1.97. The Morgan fingerprint density at radius 1 is 1.36 bits per heavy atom. The van der Waals surface area contributed by atoms with E-state index in [0.29, 0.717) is 5.88 Å². The maximum atomic E-state index is 5.43. The van der Waals surface area contributed by atoms with Gasteiger partial charge in [-0.1, -0.05) is 12.8 Å². The van der Waals surface area contributed by atoms with Crippen LogP contribution in [0.15, 0.2) is 6.07 Å². The Bertz CT molecular complexity index is 247. The van der Waals surface area contributed by atoms with E-state index < -0.39 is 0 Å². The van der Waals surface area contributed by atoms with E-state index in [1.165, 1.54) is 12.8 Å². The van der Waals surface area contributed by atoms with E-state index in [-0.39, 0.29) is 0 Å². The first kappa shape index (κ1) is 11.0. The second kappa shape index (κ2) is 6.43. The Balaban J connectivity index is 1.99. The number of H-pyrrole nitrogens is 1. The highest BCUT2D eigenvalue weighted by Crippen LogP contribution is 2.08. The lowest BCUT2D eigenvalue weighted by Gasteiger charge is -2.01. The molecule has 1 rings (SSSR count). The lowest BCUT2D eigenvalue weighted by atomic mass is 10.2. The molecule has 0 saturated heterocycles. The summed E-state index contributed by atoms with van der Waals surface area (Å²) in [4.78, 5) is 0. The average Bonchev–Trinajstić information content (AvgIpc) is 2.58. The fourth-order valence-electron chi connectivity index (χ4n) is 1.24. The summed E-state index contributed by atoms with van der Waals surface area (Å²) >= 11 is 0. The SMILES string of the molecule is Cc1cc(OCCCCCCN)n[nH]1. The van der Waals surface area contributed by atoms with Crippen LogP contribution in [0, 0.1) is 6.92 Å². The lowest BCUT2D eigenvalue weighted by molar-refractivity contribution is 0.293. The summed E-state index contributed by atoms with van der Waals surface area (Å²) in [5, 5.41) is 6.82. The van der Waals surface area contributed by atoms with Crippen LogP contribution in [0.25, 0.3) is 0 Å². The fraction of sp³-hybridized carbons (Fsp3) is 0.700. The zero-order valence-corrected chi connectivity index (χ0v) is 8.75.